The minimum atomic E-state index is -0.0489. The second-order valence-corrected chi connectivity index (χ2v) is 6.98. The van der Waals surface area contributed by atoms with Crippen LogP contribution in [0.1, 0.15) is 49.0 Å². The Morgan fingerprint density at radius 1 is 1.21 bits per heavy atom. The third-order valence-electron chi connectivity index (χ3n) is 5.06. The van der Waals surface area contributed by atoms with Crippen LogP contribution in [-0.4, -0.2) is 62.6 Å². The molecule has 0 bridgehead atoms. The molecule has 0 aromatic heterocycles. The molecule has 3 N–H and O–H groups in total. The Kier molecular flexibility index (Phi) is 12.1. The minimum absolute atomic E-state index is 0. The molecule has 158 valence electrons. The maximum absolute atomic E-state index is 11.8. The number of halogens is 1. The zero-order chi connectivity index (χ0) is 19.5. The summed E-state index contributed by atoms with van der Waals surface area (Å²) in [5.41, 5.74) is 1.84. The van der Waals surface area contributed by atoms with Gasteiger partial charge >= 0.3 is 0 Å². The number of hydrogen-bond acceptors (Lipinski definition) is 3. The van der Waals surface area contributed by atoms with Crippen LogP contribution in [0.3, 0.4) is 0 Å². The van der Waals surface area contributed by atoms with Crippen LogP contribution in [0.4, 0.5) is 0 Å². The first kappa shape index (κ1) is 24.7. The van der Waals surface area contributed by atoms with Crippen LogP contribution in [0.25, 0.3) is 0 Å². The topological polar surface area (TPSA) is 68.8 Å². The second kappa shape index (κ2) is 13.8. The van der Waals surface area contributed by atoms with Gasteiger partial charge in [0.1, 0.15) is 0 Å². The molecule has 28 heavy (non-hydrogen) atoms. The highest BCUT2D eigenvalue weighted by atomic mass is 127. The maximum atomic E-state index is 11.8. The highest BCUT2D eigenvalue weighted by molar-refractivity contribution is 14.0. The lowest BCUT2D eigenvalue weighted by molar-refractivity contribution is 0.0963. The van der Waals surface area contributed by atoms with Gasteiger partial charge < -0.3 is 16.0 Å². The van der Waals surface area contributed by atoms with Crippen LogP contribution in [0.2, 0.25) is 0 Å². The lowest BCUT2D eigenvalue weighted by Gasteiger charge is -2.25. The van der Waals surface area contributed by atoms with Gasteiger partial charge in [-0.05, 0) is 63.4 Å². The summed E-state index contributed by atoms with van der Waals surface area (Å²) in [6.45, 7) is 9.21. The number of carbonyl (C=O) groups is 1. The molecular weight excluding hydrogens is 465 g/mol. The first-order valence-electron chi connectivity index (χ1n) is 10.2. The van der Waals surface area contributed by atoms with E-state index < -0.39 is 0 Å². The Bertz CT molecular complexity index is 617. The van der Waals surface area contributed by atoms with Gasteiger partial charge in [-0.15, -0.1) is 24.0 Å². The Labute approximate surface area is 187 Å². The summed E-state index contributed by atoms with van der Waals surface area (Å²) >= 11 is 0. The molecule has 2 rings (SSSR count). The van der Waals surface area contributed by atoms with Crippen LogP contribution >= 0.6 is 24.0 Å². The van der Waals surface area contributed by atoms with Crippen LogP contribution in [-0.2, 0) is 6.42 Å². The van der Waals surface area contributed by atoms with Crippen LogP contribution in [0, 0.1) is 0 Å². The van der Waals surface area contributed by atoms with Gasteiger partial charge in [0.2, 0.25) is 0 Å². The maximum Gasteiger partial charge on any atom is 0.251 e. The van der Waals surface area contributed by atoms with Crippen molar-refractivity contribution in [3.05, 3.63) is 35.4 Å². The quantitative estimate of drug-likeness (QED) is 0.277. The van der Waals surface area contributed by atoms with E-state index in [9.17, 15) is 4.79 Å². The van der Waals surface area contributed by atoms with Gasteiger partial charge in [0.05, 0.1) is 6.54 Å². The van der Waals surface area contributed by atoms with E-state index in [1.807, 2.05) is 18.2 Å². The minimum Gasteiger partial charge on any atom is -0.357 e. The Hall–Kier alpha value is -1.35. The van der Waals surface area contributed by atoms with Gasteiger partial charge in [0, 0.05) is 31.7 Å². The van der Waals surface area contributed by atoms with Crippen molar-refractivity contribution in [3.63, 3.8) is 0 Å². The number of amides is 1. The summed E-state index contributed by atoms with van der Waals surface area (Å²) < 4.78 is 0. The predicted molar refractivity (Wildman–Crippen MR) is 128 cm³/mol. The Morgan fingerprint density at radius 2 is 1.96 bits per heavy atom. The van der Waals surface area contributed by atoms with Crippen LogP contribution < -0.4 is 16.0 Å². The van der Waals surface area contributed by atoms with Gasteiger partial charge in [-0.3, -0.25) is 14.7 Å². The number of guanidine groups is 1. The number of aliphatic imine (C=N–C) groups is 1. The monoisotopic (exact) mass is 501 g/mol. The van der Waals surface area contributed by atoms with Crippen molar-refractivity contribution in [1.29, 1.82) is 0 Å². The van der Waals surface area contributed by atoms with Gasteiger partial charge in [-0.2, -0.15) is 0 Å². The van der Waals surface area contributed by atoms with Crippen molar-refractivity contribution in [2.45, 2.75) is 45.6 Å². The number of hydrogen-bond donors (Lipinski definition) is 3. The number of benzene rings is 1. The molecule has 1 aromatic carbocycles. The average molecular weight is 501 g/mol. The van der Waals surface area contributed by atoms with E-state index in [0.29, 0.717) is 11.6 Å². The van der Waals surface area contributed by atoms with Crippen molar-refractivity contribution >= 4 is 35.8 Å². The number of nitrogens with one attached hydrogen (secondary N) is 3. The SMILES string of the molecule is CCNC(=NCC(CC)N1CCCC1)NCCc1cccc(C(=O)NC)c1.I. The fourth-order valence-corrected chi connectivity index (χ4v) is 3.49. The molecule has 1 heterocycles. The summed E-state index contributed by atoms with van der Waals surface area (Å²) in [7, 11) is 1.65. The lowest BCUT2D eigenvalue weighted by atomic mass is 10.1. The van der Waals surface area contributed by atoms with Crippen molar-refractivity contribution in [2.24, 2.45) is 4.99 Å². The molecule has 6 nitrogen and oxygen atoms in total. The first-order chi connectivity index (χ1) is 13.2. The average Bonchev–Trinajstić information content (AvgIpc) is 3.22. The molecule has 0 saturated carbocycles. The predicted octanol–water partition coefficient (Wildman–Crippen LogP) is 2.64. The molecule has 1 amide bonds. The molecule has 0 radical (unpaired) electrons. The van der Waals surface area contributed by atoms with E-state index in [0.717, 1.165) is 44.0 Å². The normalized spacial score (nSPS) is 15.6. The van der Waals surface area contributed by atoms with E-state index in [2.05, 4.69) is 40.8 Å². The fraction of sp³-hybridized carbons (Fsp3) is 0.619. The lowest BCUT2D eigenvalue weighted by Crippen LogP contribution is -2.40. The summed E-state index contributed by atoms with van der Waals surface area (Å²) in [6, 6.07) is 8.31. The number of carbonyl (C=O) groups excluding carboxylic acids is 1. The molecule has 1 saturated heterocycles. The Morgan fingerprint density at radius 3 is 2.61 bits per heavy atom. The van der Waals surface area contributed by atoms with E-state index >= 15 is 0 Å². The molecule has 1 aliphatic heterocycles. The van der Waals surface area contributed by atoms with E-state index in [-0.39, 0.29) is 29.9 Å². The van der Waals surface area contributed by atoms with Crippen LogP contribution in [0.5, 0.6) is 0 Å². The van der Waals surface area contributed by atoms with Crippen molar-refractivity contribution < 1.29 is 4.79 Å². The largest absolute Gasteiger partial charge is 0.357 e. The first-order valence-corrected chi connectivity index (χ1v) is 10.2. The molecular formula is C21H36IN5O. The highest BCUT2D eigenvalue weighted by Crippen LogP contribution is 2.14. The number of likely N-dealkylation sites (tertiary alicyclic amines) is 1. The Balaban J connectivity index is 0.00000392. The molecule has 1 aliphatic rings. The van der Waals surface area contributed by atoms with E-state index in [1.54, 1.807) is 7.05 Å². The van der Waals surface area contributed by atoms with E-state index in [4.69, 9.17) is 4.99 Å². The summed E-state index contributed by atoms with van der Waals surface area (Å²) in [4.78, 5) is 19.1. The zero-order valence-corrected chi connectivity index (χ0v) is 19.8. The van der Waals surface area contributed by atoms with Crippen LogP contribution in [0.15, 0.2) is 29.3 Å². The smallest absolute Gasteiger partial charge is 0.251 e. The standard InChI is InChI=1S/C21H35N5O.HI/c1-4-19(26-13-6-7-14-26)16-25-21(23-5-2)24-12-11-17-9-8-10-18(15-17)20(27)22-3;/h8-10,15,19H,4-7,11-14,16H2,1-3H3,(H,22,27)(H2,23,24,25);1H. The van der Waals surface area contributed by atoms with Gasteiger partial charge in [-0.25, -0.2) is 0 Å². The second-order valence-electron chi connectivity index (χ2n) is 6.98. The molecule has 0 spiro atoms. The van der Waals surface area contributed by atoms with Gasteiger partial charge in [-0.1, -0.05) is 19.1 Å². The third-order valence-corrected chi connectivity index (χ3v) is 5.06. The molecule has 0 aliphatic carbocycles. The van der Waals surface area contributed by atoms with Gasteiger partial charge in [0.25, 0.3) is 5.91 Å². The van der Waals surface area contributed by atoms with Crippen molar-refractivity contribution in [2.75, 3.05) is 39.8 Å². The molecule has 1 atom stereocenters. The highest BCUT2D eigenvalue weighted by Gasteiger charge is 2.20. The molecule has 7 heteroatoms. The number of nitrogens with zero attached hydrogens (tertiary/aromatic N) is 2. The summed E-state index contributed by atoms with van der Waals surface area (Å²) in [5, 5.41) is 9.42. The van der Waals surface area contributed by atoms with E-state index in [1.165, 1.54) is 25.9 Å². The van der Waals surface area contributed by atoms with Gasteiger partial charge in [0.15, 0.2) is 5.96 Å². The van der Waals surface area contributed by atoms with Crippen molar-refractivity contribution in [1.82, 2.24) is 20.9 Å². The summed E-state index contributed by atoms with van der Waals surface area (Å²) in [6.07, 6.45) is 4.61. The zero-order valence-electron chi connectivity index (χ0n) is 17.5. The third kappa shape index (κ3) is 7.95. The fourth-order valence-electron chi connectivity index (χ4n) is 3.49. The molecule has 1 fully saturated rings. The molecule has 1 unspecified atom stereocenters. The van der Waals surface area contributed by atoms with Crippen molar-refractivity contribution in [3.8, 4) is 0 Å². The summed E-state index contributed by atoms with van der Waals surface area (Å²) in [5.74, 6) is 0.824. The molecule has 1 aromatic rings. The number of rotatable bonds is 9.